The molecule has 0 bridgehead atoms. The van der Waals surface area contributed by atoms with Gasteiger partial charge >= 0.3 is 6.09 Å². The van der Waals surface area contributed by atoms with E-state index >= 15 is 0 Å². The van der Waals surface area contributed by atoms with Gasteiger partial charge in [-0.25, -0.2) is 19.2 Å². The van der Waals surface area contributed by atoms with Gasteiger partial charge in [-0.1, -0.05) is 12.1 Å². The topological polar surface area (TPSA) is 76.6 Å². The normalized spacial score (nSPS) is 17.9. The molecule has 0 radical (unpaired) electrons. The van der Waals surface area contributed by atoms with Crippen molar-refractivity contribution in [2.45, 2.75) is 35.3 Å². The van der Waals surface area contributed by atoms with Crippen LogP contribution in [0, 0.1) is 5.82 Å². The van der Waals surface area contributed by atoms with Crippen LogP contribution < -0.4 is 10.2 Å². The van der Waals surface area contributed by atoms with Gasteiger partial charge in [-0.3, -0.25) is 5.32 Å². The first-order valence-corrected chi connectivity index (χ1v) is 14.0. The van der Waals surface area contributed by atoms with Gasteiger partial charge in [-0.05, 0) is 80.3 Å². The number of anilines is 2. The average molecular weight is 545 g/mol. The molecule has 1 aromatic heterocycles. The van der Waals surface area contributed by atoms with Crippen molar-refractivity contribution < 1.29 is 18.7 Å². The van der Waals surface area contributed by atoms with Crippen molar-refractivity contribution in [2.75, 3.05) is 36.5 Å². The number of carbonyl (C=O) groups excluding carboxylic acids is 1. The van der Waals surface area contributed by atoms with E-state index in [2.05, 4.69) is 16.3 Å². The third-order valence-electron chi connectivity index (χ3n) is 6.89. The summed E-state index contributed by atoms with van der Waals surface area (Å²) in [5.41, 5.74) is 2.41. The summed E-state index contributed by atoms with van der Waals surface area (Å²) in [5.74, 6) is 1.80. The van der Waals surface area contributed by atoms with Crippen molar-refractivity contribution in [2.24, 2.45) is 0 Å². The molecule has 3 aromatic rings. The second kappa shape index (κ2) is 11.2. The molecule has 0 atom stereocenters. The number of aromatic nitrogens is 2. The van der Waals surface area contributed by atoms with Gasteiger partial charge in [-0.2, -0.15) is 0 Å². The SMILES string of the molecule is O=C(Nc1ccc(-c2nc(N3CCOCC3)cc(C3(Sc4cccc(F)c4)CC3)n2)cc1)OC1=CCCC=C1. The number of nitrogens with zero attached hydrogens (tertiary/aromatic N) is 3. The van der Waals surface area contributed by atoms with Gasteiger partial charge in [0.1, 0.15) is 17.4 Å². The van der Waals surface area contributed by atoms with Gasteiger partial charge in [0.15, 0.2) is 5.82 Å². The third kappa shape index (κ3) is 6.15. The zero-order valence-electron chi connectivity index (χ0n) is 21.4. The summed E-state index contributed by atoms with van der Waals surface area (Å²) >= 11 is 1.66. The van der Waals surface area contributed by atoms with E-state index in [1.165, 1.54) is 6.07 Å². The monoisotopic (exact) mass is 544 g/mol. The summed E-state index contributed by atoms with van der Waals surface area (Å²) in [6, 6.07) is 16.2. The number of morpholine rings is 1. The Morgan fingerprint density at radius 3 is 2.59 bits per heavy atom. The summed E-state index contributed by atoms with van der Waals surface area (Å²) in [5, 5.41) is 2.78. The number of amides is 1. The van der Waals surface area contributed by atoms with Crippen LogP contribution in [0.25, 0.3) is 11.4 Å². The van der Waals surface area contributed by atoms with Gasteiger partial charge in [0.05, 0.1) is 23.7 Å². The first-order valence-electron chi connectivity index (χ1n) is 13.2. The molecule has 200 valence electrons. The highest BCUT2D eigenvalue weighted by Crippen LogP contribution is 2.59. The van der Waals surface area contributed by atoms with Crippen LogP contribution in [0.15, 0.2) is 83.5 Å². The van der Waals surface area contributed by atoms with Crippen molar-refractivity contribution in [3.05, 3.63) is 90.1 Å². The van der Waals surface area contributed by atoms with E-state index in [0.29, 0.717) is 30.5 Å². The largest absolute Gasteiger partial charge is 0.417 e. The number of halogens is 1. The molecular formula is C30H29FN4O3S. The second-order valence-electron chi connectivity index (χ2n) is 9.77. The van der Waals surface area contributed by atoms with Gasteiger partial charge in [0, 0.05) is 35.3 Å². The van der Waals surface area contributed by atoms with Crippen molar-refractivity contribution in [1.29, 1.82) is 0 Å². The lowest BCUT2D eigenvalue weighted by atomic mass is 10.1. The number of nitrogens with one attached hydrogen (secondary N) is 1. The molecule has 2 heterocycles. The van der Waals surface area contributed by atoms with E-state index in [1.54, 1.807) is 23.9 Å². The fourth-order valence-corrected chi connectivity index (χ4v) is 5.93. The van der Waals surface area contributed by atoms with Gasteiger partial charge < -0.3 is 14.4 Å². The second-order valence-corrected chi connectivity index (χ2v) is 11.2. The standard InChI is InChI=1S/C30H29FN4O3S/c31-22-5-4-8-25(19-22)39-30(13-14-30)26-20-27(35-15-17-37-18-16-35)34-28(33-26)21-9-11-23(12-10-21)32-29(36)38-24-6-2-1-3-7-24/h2,4-12,19-20H,1,3,13-18H2,(H,32,36). The average Bonchev–Trinajstić information content (AvgIpc) is 3.75. The predicted molar refractivity (Wildman–Crippen MR) is 150 cm³/mol. The Morgan fingerprint density at radius 2 is 1.87 bits per heavy atom. The Kier molecular flexibility index (Phi) is 7.34. The lowest BCUT2D eigenvalue weighted by Crippen LogP contribution is -2.37. The number of benzene rings is 2. The number of thioether (sulfide) groups is 1. The Morgan fingerprint density at radius 1 is 1.05 bits per heavy atom. The first-order chi connectivity index (χ1) is 19.1. The molecule has 0 spiro atoms. The van der Waals surface area contributed by atoms with Crippen molar-refractivity contribution >= 4 is 29.4 Å². The summed E-state index contributed by atoms with van der Waals surface area (Å²) in [6.45, 7) is 2.83. The molecule has 1 N–H and O–H groups in total. The number of ether oxygens (including phenoxy) is 2. The van der Waals surface area contributed by atoms with Crippen LogP contribution in [0.1, 0.15) is 31.4 Å². The molecule has 2 aliphatic carbocycles. The fourth-order valence-electron chi connectivity index (χ4n) is 4.65. The lowest BCUT2D eigenvalue weighted by Gasteiger charge is -2.29. The number of hydrogen-bond acceptors (Lipinski definition) is 7. The maximum absolute atomic E-state index is 13.9. The van der Waals surface area contributed by atoms with Crippen LogP contribution in [0.3, 0.4) is 0 Å². The number of allylic oxidation sites excluding steroid dienone is 3. The Hall–Kier alpha value is -3.69. The zero-order valence-corrected chi connectivity index (χ0v) is 22.3. The molecule has 6 rings (SSSR count). The minimum Gasteiger partial charge on any atom is -0.410 e. The lowest BCUT2D eigenvalue weighted by molar-refractivity contribution is 0.122. The first kappa shape index (κ1) is 25.6. The number of hydrogen-bond donors (Lipinski definition) is 1. The fraction of sp³-hybridized carbons (Fsp3) is 0.300. The van der Waals surface area contributed by atoms with Crippen molar-refractivity contribution in [3.8, 4) is 11.4 Å². The minimum atomic E-state index is -0.529. The van der Waals surface area contributed by atoms with Crippen molar-refractivity contribution in [3.63, 3.8) is 0 Å². The maximum atomic E-state index is 13.9. The van der Waals surface area contributed by atoms with E-state index in [0.717, 1.165) is 60.7 Å². The Balaban J connectivity index is 1.25. The highest BCUT2D eigenvalue weighted by molar-refractivity contribution is 8.00. The highest BCUT2D eigenvalue weighted by atomic mass is 32.2. The van der Waals surface area contributed by atoms with E-state index < -0.39 is 6.09 Å². The van der Waals surface area contributed by atoms with Gasteiger partial charge in [0.2, 0.25) is 0 Å². The molecule has 9 heteroatoms. The molecule has 1 aliphatic heterocycles. The number of rotatable bonds is 7. The van der Waals surface area contributed by atoms with E-state index in [1.807, 2.05) is 48.6 Å². The van der Waals surface area contributed by atoms with Gasteiger partial charge in [-0.15, -0.1) is 11.8 Å². The Labute approximate surface area is 231 Å². The van der Waals surface area contributed by atoms with Gasteiger partial charge in [0.25, 0.3) is 0 Å². The van der Waals surface area contributed by atoms with E-state index in [-0.39, 0.29) is 10.6 Å². The predicted octanol–water partition coefficient (Wildman–Crippen LogP) is 6.68. The van der Waals surface area contributed by atoms with E-state index in [4.69, 9.17) is 19.4 Å². The molecule has 39 heavy (non-hydrogen) atoms. The maximum Gasteiger partial charge on any atom is 0.417 e. The summed E-state index contributed by atoms with van der Waals surface area (Å²) in [7, 11) is 0. The Bertz CT molecular complexity index is 1420. The van der Waals surface area contributed by atoms with Crippen LogP contribution in [0.2, 0.25) is 0 Å². The van der Waals surface area contributed by atoms with Crippen LogP contribution in [-0.2, 0) is 14.2 Å². The molecular weight excluding hydrogens is 515 g/mol. The molecule has 7 nitrogen and oxygen atoms in total. The molecule has 2 fully saturated rings. The molecule has 3 aliphatic rings. The molecule has 2 aromatic carbocycles. The zero-order chi connectivity index (χ0) is 26.7. The summed E-state index contributed by atoms with van der Waals surface area (Å²) in [6.07, 6.45) is 8.91. The summed E-state index contributed by atoms with van der Waals surface area (Å²) < 4.78 is 24.6. The minimum absolute atomic E-state index is 0.208. The number of carbonyl (C=O) groups is 1. The van der Waals surface area contributed by atoms with Crippen LogP contribution in [-0.4, -0.2) is 42.4 Å². The quantitative estimate of drug-likeness (QED) is 0.355. The van der Waals surface area contributed by atoms with E-state index in [9.17, 15) is 9.18 Å². The third-order valence-corrected chi connectivity index (χ3v) is 8.39. The molecule has 1 saturated heterocycles. The van der Waals surface area contributed by atoms with Crippen molar-refractivity contribution in [1.82, 2.24) is 9.97 Å². The molecule has 0 unspecified atom stereocenters. The van der Waals surface area contributed by atoms with Crippen LogP contribution in [0.4, 0.5) is 20.7 Å². The highest BCUT2D eigenvalue weighted by Gasteiger charge is 2.47. The van der Waals surface area contributed by atoms with Crippen LogP contribution >= 0.6 is 11.8 Å². The van der Waals surface area contributed by atoms with Crippen LogP contribution in [0.5, 0.6) is 0 Å². The molecule has 1 amide bonds. The molecule has 1 saturated carbocycles. The summed E-state index contributed by atoms with van der Waals surface area (Å²) in [4.78, 5) is 25.4. The smallest absolute Gasteiger partial charge is 0.410 e.